The normalized spacial score (nSPS) is 14.0. The van der Waals surface area contributed by atoms with Crippen LogP contribution in [0.4, 0.5) is 8.78 Å². The third-order valence-electron chi connectivity index (χ3n) is 3.58. The maximum Gasteiger partial charge on any atom is 0.148 e. The molecule has 0 bridgehead atoms. The molecule has 6 heteroatoms. The zero-order chi connectivity index (χ0) is 15.7. The molecule has 1 aliphatic heterocycles. The summed E-state index contributed by atoms with van der Waals surface area (Å²) in [4.78, 5) is 12.7. The monoisotopic (exact) mass is 302 g/mol. The van der Waals surface area contributed by atoms with E-state index in [0.29, 0.717) is 18.1 Å². The van der Waals surface area contributed by atoms with Gasteiger partial charge in [0.1, 0.15) is 17.5 Å². The van der Waals surface area contributed by atoms with Crippen LogP contribution in [-0.2, 0) is 6.54 Å². The number of halogens is 2. The molecule has 114 valence electrons. The van der Waals surface area contributed by atoms with Gasteiger partial charge in [0.25, 0.3) is 0 Å². The van der Waals surface area contributed by atoms with Gasteiger partial charge in [-0.1, -0.05) is 0 Å². The third-order valence-corrected chi connectivity index (χ3v) is 3.58. The number of aromatic nitrogens is 2. The van der Waals surface area contributed by atoms with Crippen LogP contribution in [0, 0.1) is 18.6 Å². The molecule has 0 unspecified atom stereocenters. The van der Waals surface area contributed by atoms with Gasteiger partial charge >= 0.3 is 0 Å². The minimum Gasteiger partial charge on any atom is -0.362 e. The van der Waals surface area contributed by atoms with Crippen molar-refractivity contribution in [3.8, 4) is 11.3 Å². The van der Waals surface area contributed by atoms with Crippen molar-refractivity contribution in [3.63, 3.8) is 0 Å². The Morgan fingerprint density at radius 2 is 2.00 bits per heavy atom. The quantitative estimate of drug-likeness (QED) is 0.872. The molecule has 0 N–H and O–H groups in total. The van der Waals surface area contributed by atoms with Gasteiger partial charge in [-0.05, 0) is 25.1 Å². The zero-order valence-corrected chi connectivity index (χ0v) is 12.4. The molecule has 1 aromatic carbocycles. The van der Waals surface area contributed by atoms with Gasteiger partial charge in [0.15, 0.2) is 0 Å². The Labute approximate surface area is 127 Å². The molecule has 0 saturated carbocycles. The van der Waals surface area contributed by atoms with Crippen LogP contribution in [0.2, 0.25) is 0 Å². The first-order valence-electron chi connectivity index (χ1n) is 6.94. The minimum absolute atomic E-state index is 0.00163. The van der Waals surface area contributed by atoms with Crippen molar-refractivity contribution in [2.24, 2.45) is 0 Å². The molecule has 0 saturated heterocycles. The van der Waals surface area contributed by atoms with Gasteiger partial charge in [-0.25, -0.2) is 18.7 Å². The van der Waals surface area contributed by atoms with Crippen LogP contribution in [-0.4, -0.2) is 33.5 Å². The Kier molecular flexibility index (Phi) is 3.75. The van der Waals surface area contributed by atoms with Crippen molar-refractivity contribution in [2.45, 2.75) is 13.5 Å². The predicted octanol–water partition coefficient (Wildman–Crippen LogP) is 2.91. The number of benzene rings is 1. The highest BCUT2D eigenvalue weighted by molar-refractivity contribution is 5.60. The fourth-order valence-electron chi connectivity index (χ4n) is 2.36. The Morgan fingerprint density at radius 3 is 2.73 bits per heavy atom. The average Bonchev–Trinajstić information content (AvgIpc) is 2.90. The van der Waals surface area contributed by atoms with E-state index in [-0.39, 0.29) is 11.1 Å². The molecular formula is C16H16F2N4. The minimum atomic E-state index is -0.578. The first-order chi connectivity index (χ1) is 10.5. The lowest BCUT2D eigenvalue weighted by Gasteiger charge is -2.17. The second-order valence-electron chi connectivity index (χ2n) is 5.34. The van der Waals surface area contributed by atoms with Crippen molar-refractivity contribution in [1.29, 1.82) is 0 Å². The summed E-state index contributed by atoms with van der Waals surface area (Å²) in [7, 11) is 1.98. The van der Waals surface area contributed by atoms with Crippen molar-refractivity contribution in [2.75, 3.05) is 13.7 Å². The maximum atomic E-state index is 14.2. The molecule has 2 heterocycles. The molecule has 0 radical (unpaired) electrons. The summed E-state index contributed by atoms with van der Waals surface area (Å²) < 4.78 is 27.6. The summed E-state index contributed by atoms with van der Waals surface area (Å²) in [5.41, 5.74) is 0.750. The third kappa shape index (κ3) is 2.77. The van der Waals surface area contributed by atoms with Crippen LogP contribution < -0.4 is 0 Å². The van der Waals surface area contributed by atoms with Gasteiger partial charge in [-0.15, -0.1) is 0 Å². The number of hydrogen-bond acceptors (Lipinski definition) is 4. The number of rotatable bonds is 3. The molecule has 4 nitrogen and oxygen atoms in total. The van der Waals surface area contributed by atoms with E-state index in [1.807, 2.05) is 29.2 Å². The highest BCUT2D eigenvalue weighted by Crippen LogP contribution is 2.24. The number of hydrogen-bond donors (Lipinski definition) is 0. The molecular weight excluding hydrogens is 286 g/mol. The Bertz CT molecular complexity index is 730. The van der Waals surface area contributed by atoms with E-state index in [2.05, 4.69) is 9.97 Å². The molecule has 2 aromatic rings. The topological polar surface area (TPSA) is 32.3 Å². The Morgan fingerprint density at radius 1 is 1.18 bits per heavy atom. The summed E-state index contributed by atoms with van der Waals surface area (Å²) in [6.07, 6.45) is 5.52. The second-order valence-corrected chi connectivity index (χ2v) is 5.34. The van der Waals surface area contributed by atoms with Gasteiger partial charge < -0.3 is 9.80 Å². The summed E-state index contributed by atoms with van der Waals surface area (Å²) in [6.45, 7) is 2.72. The molecule has 0 spiro atoms. The average molecular weight is 302 g/mol. The summed E-state index contributed by atoms with van der Waals surface area (Å²) >= 11 is 0. The molecule has 0 fully saturated rings. The van der Waals surface area contributed by atoms with Crippen LogP contribution in [0.25, 0.3) is 11.3 Å². The van der Waals surface area contributed by atoms with Crippen molar-refractivity contribution in [1.82, 2.24) is 19.8 Å². The highest BCUT2D eigenvalue weighted by Gasteiger charge is 2.15. The first-order valence-corrected chi connectivity index (χ1v) is 6.94. The zero-order valence-electron chi connectivity index (χ0n) is 12.4. The van der Waals surface area contributed by atoms with Crippen LogP contribution in [0.5, 0.6) is 0 Å². The standard InChI is InChI=1S/C16H16F2N4/c1-11-13(17)4-3-12(16(11)18)14-5-6-19-15(20-14)9-22-8-7-21(2)10-22/h3-8H,9-10H2,1-2H3. The second kappa shape index (κ2) is 5.71. The molecule has 1 aromatic heterocycles. The van der Waals surface area contributed by atoms with Gasteiger partial charge in [-0.3, -0.25) is 0 Å². The van der Waals surface area contributed by atoms with Crippen LogP contribution >= 0.6 is 0 Å². The van der Waals surface area contributed by atoms with Gasteiger partial charge in [-0.2, -0.15) is 0 Å². The maximum absolute atomic E-state index is 14.2. The van der Waals surface area contributed by atoms with E-state index in [0.717, 1.165) is 6.67 Å². The van der Waals surface area contributed by atoms with Crippen molar-refractivity contribution in [3.05, 3.63) is 59.8 Å². The predicted molar refractivity (Wildman–Crippen MR) is 79.4 cm³/mol. The van der Waals surface area contributed by atoms with Crippen LogP contribution in [0.15, 0.2) is 36.8 Å². The van der Waals surface area contributed by atoms with E-state index in [4.69, 9.17) is 0 Å². The largest absolute Gasteiger partial charge is 0.362 e. The van der Waals surface area contributed by atoms with E-state index < -0.39 is 11.6 Å². The van der Waals surface area contributed by atoms with Crippen LogP contribution in [0.3, 0.4) is 0 Å². The molecule has 0 atom stereocenters. The lowest BCUT2D eigenvalue weighted by molar-refractivity contribution is 0.285. The van der Waals surface area contributed by atoms with E-state index >= 15 is 0 Å². The smallest absolute Gasteiger partial charge is 0.148 e. The van der Waals surface area contributed by atoms with Gasteiger partial charge in [0, 0.05) is 36.8 Å². The summed E-state index contributed by atoms with van der Waals surface area (Å²) in [5, 5.41) is 0. The SMILES string of the molecule is Cc1c(F)ccc(-c2ccnc(CN3C=CN(C)C3)n2)c1F. The molecule has 22 heavy (non-hydrogen) atoms. The van der Waals surface area contributed by atoms with Crippen LogP contribution in [0.1, 0.15) is 11.4 Å². The van der Waals surface area contributed by atoms with E-state index in [9.17, 15) is 8.78 Å². The molecule has 3 rings (SSSR count). The van der Waals surface area contributed by atoms with Crippen molar-refractivity contribution < 1.29 is 8.78 Å². The van der Waals surface area contributed by atoms with Gasteiger partial charge in [0.05, 0.1) is 18.9 Å². The van der Waals surface area contributed by atoms with Gasteiger partial charge in [0.2, 0.25) is 0 Å². The summed E-state index contributed by atoms with van der Waals surface area (Å²) in [6, 6.07) is 4.30. The highest BCUT2D eigenvalue weighted by atomic mass is 19.1. The Hall–Kier alpha value is -2.50. The van der Waals surface area contributed by atoms with Crippen molar-refractivity contribution >= 4 is 0 Å². The molecule has 1 aliphatic rings. The fourth-order valence-corrected chi connectivity index (χ4v) is 2.36. The van der Waals surface area contributed by atoms with E-state index in [1.165, 1.54) is 19.1 Å². The number of nitrogens with zero attached hydrogens (tertiary/aromatic N) is 4. The molecule has 0 amide bonds. The Balaban J connectivity index is 1.88. The fraction of sp³-hybridized carbons (Fsp3) is 0.250. The molecule has 0 aliphatic carbocycles. The summed E-state index contributed by atoms with van der Waals surface area (Å²) in [5.74, 6) is -0.537. The van der Waals surface area contributed by atoms with E-state index in [1.54, 1.807) is 12.3 Å². The lowest BCUT2D eigenvalue weighted by atomic mass is 10.1. The first kappa shape index (κ1) is 14.4. The lowest BCUT2D eigenvalue weighted by Crippen LogP contribution is -2.22.